The van der Waals surface area contributed by atoms with Crippen LogP contribution < -0.4 is 5.32 Å². The van der Waals surface area contributed by atoms with Gasteiger partial charge in [-0.15, -0.1) is 11.3 Å². The van der Waals surface area contributed by atoms with E-state index < -0.39 is 6.10 Å². The molecule has 1 unspecified atom stereocenters. The molecule has 1 heterocycles. The van der Waals surface area contributed by atoms with Crippen LogP contribution in [-0.4, -0.2) is 30.9 Å². The Balaban J connectivity index is 1.44. The minimum atomic E-state index is -0.406. The van der Waals surface area contributed by atoms with Gasteiger partial charge in [-0.3, -0.25) is 0 Å². The Morgan fingerprint density at radius 1 is 1.38 bits per heavy atom. The SMILES string of the molecule is CC1CCC(CCNCC(O)COCc2cccs2)CC1. The van der Waals surface area contributed by atoms with Gasteiger partial charge < -0.3 is 15.2 Å². The van der Waals surface area contributed by atoms with Gasteiger partial charge in [-0.05, 0) is 36.2 Å². The molecule has 3 nitrogen and oxygen atoms in total. The van der Waals surface area contributed by atoms with Gasteiger partial charge in [0.15, 0.2) is 0 Å². The molecule has 1 aromatic heterocycles. The summed E-state index contributed by atoms with van der Waals surface area (Å²) in [5.74, 6) is 1.82. The van der Waals surface area contributed by atoms with Crippen molar-refractivity contribution in [1.82, 2.24) is 5.32 Å². The number of thiophene rings is 1. The molecule has 4 heteroatoms. The van der Waals surface area contributed by atoms with Crippen molar-refractivity contribution < 1.29 is 9.84 Å². The summed E-state index contributed by atoms with van der Waals surface area (Å²) in [5, 5.41) is 15.3. The van der Waals surface area contributed by atoms with Gasteiger partial charge in [-0.25, -0.2) is 0 Å². The molecule has 1 fully saturated rings. The number of hydrogen-bond acceptors (Lipinski definition) is 4. The van der Waals surface area contributed by atoms with Crippen molar-refractivity contribution >= 4 is 11.3 Å². The van der Waals surface area contributed by atoms with E-state index in [-0.39, 0.29) is 0 Å². The van der Waals surface area contributed by atoms with Crippen molar-refractivity contribution in [2.24, 2.45) is 11.8 Å². The van der Waals surface area contributed by atoms with Crippen LogP contribution in [0.1, 0.15) is 43.9 Å². The molecule has 0 spiro atoms. The third kappa shape index (κ3) is 6.92. The molecule has 2 rings (SSSR count). The van der Waals surface area contributed by atoms with Crippen LogP contribution in [0.5, 0.6) is 0 Å². The first-order valence-electron chi connectivity index (χ1n) is 8.23. The first kappa shape index (κ1) is 16.9. The van der Waals surface area contributed by atoms with Gasteiger partial charge in [-0.2, -0.15) is 0 Å². The van der Waals surface area contributed by atoms with Crippen molar-refractivity contribution in [3.05, 3.63) is 22.4 Å². The van der Waals surface area contributed by atoms with Crippen molar-refractivity contribution in [1.29, 1.82) is 0 Å². The molecule has 1 saturated carbocycles. The summed E-state index contributed by atoms with van der Waals surface area (Å²) >= 11 is 1.69. The van der Waals surface area contributed by atoms with Gasteiger partial charge in [-0.1, -0.05) is 38.7 Å². The van der Waals surface area contributed by atoms with E-state index in [1.165, 1.54) is 37.0 Å². The second-order valence-electron chi connectivity index (χ2n) is 6.37. The van der Waals surface area contributed by atoms with Crippen LogP contribution in [0.3, 0.4) is 0 Å². The third-order valence-corrected chi connectivity index (χ3v) is 5.23. The first-order chi connectivity index (χ1) is 10.2. The van der Waals surface area contributed by atoms with Crippen LogP contribution in [0.4, 0.5) is 0 Å². The highest BCUT2D eigenvalue weighted by atomic mass is 32.1. The average molecular weight is 311 g/mol. The number of aliphatic hydroxyl groups is 1. The fourth-order valence-electron chi connectivity index (χ4n) is 2.94. The summed E-state index contributed by atoms with van der Waals surface area (Å²) in [6.45, 7) is 5.02. The summed E-state index contributed by atoms with van der Waals surface area (Å²) in [6.07, 6.45) is 6.39. The second-order valence-corrected chi connectivity index (χ2v) is 7.40. The van der Waals surface area contributed by atoms with Crippen molar-refractivity contribution in [3.63, 3.8) is 0 Å². The predicted octanol–water partition coefficient (Wildman–Crippen LogP) is 3.43. The molecule has 1 atom stereocenters. The van der Waals surface area contributed by atoms with Gasteiger partial charge in [0, 0.05) is 11.4 Å². The summed E-state index contributed by atoms with van der Waals surface area (Å²) < 4.78 is 5.52. The average Bonchev–Trinajstić information content (AvgIpc) is 2.99. The maximum absolute atomic E-state index is 9.87. The fraction of sp³-hybridized carbons (Fsp3) is 0.765. The van der Waals surface area contributed by atoms with E-state index in [9.17, 15) is 5.11 Å². The highest BCUT2D eigenvalue weighted by Gasteiger charge is 2.17. The molecular weight excluding hydrogens is 282 g/mol. The lowest BCUT2D eigenvalue weighted by Crippen LogP contribution is -2.32. The standard InChI is InChI=1S/C17H29NO2S/c1-14-4-6-15(7-5-14)8-9-18-11-16(19)12-20-13-17-3-2-10-21-17/h2-3,10,14-16,18-19H,4-9,11-13H2,1H3. The molecule has 0 bridgehead atoms. The molecule has 120 valence electrons. The molecule has 1 aliphatic rings. The van der Waals surface area contributed by atoms with Crippen molar-refractivity contribution in [2.75, 3.05) is 19.7 Å². The normalized spacial score (nSPS) is 24.1. The zero-order chi connectivity index (χ0) is 14.9. The van der Waals surface area contributed by atoms with Crippen LogP contribution >= 0.6 is 11.3 Å². The Morgan fingerprint density at radius 2 is 2.19 bits per heavy atom. The second kappa shape index (κ2) is 9.57. The molecule has 1 aromatic rings. The lowest BCUT2D eigenvalue weighted by Gasteiger charge is -2.26. The Bertz CT molecular complexity index is 361. The summed E-state index contributed by atoms with van der Waals surface area (Å²) in [5.41, 5.74) is 0. The van der Waals surface area contributed by atoms with E-state index in [0.29, 0.717) is 19.8 Å². The Morgan fingerprint density at radius 3 is 2.90 bits per heavy atom. The Hall–Kier alpha value is -0.420. The molecule has 0 aromatic carbocycles. The maximum atomic E-state index is 9.87. The highest BCUT2D eigenvalue weighted by Crippen LogP contribution is 2.29. The molecule has 21 heavy (non-hydrogen) atoms. The Kier molecular flexibility index (Phi) is 7.72. The van der Waals surface area contributed by atoms with Gasteiger partial charge in [0.05, 0.1) is 19.3 Å². The zero-order valence-electron chi connectivity index (χ0n) is 13.1. The van der Waals surface area contributed by atoms with Crippen LogP contribution in [0.25, 0.3) is 0 Å². The van der Waals surface area contributed by atoms with Crippen LogP contribution in [0, 0.1) is 11.8 Å². The number of nitrogens with one attached hydrogen (secondary N) is 1. The number of hydrogen-bond donors (Lipinski definition) is 2. The van der Waals surface area contributed by atoms with Gasteiger partial charge in [0.25, 0.3) is 0 Å². The largest absolute Gasteiger partial charge is 0.389 e. The predicted molar refractivity (Wildman–Crippen MR) is 88.6 cm³/mol. The number of rotatable bonds is 9. The molecule has 0 radical (unpaired) electrons. The maximum Gasteiger partial charge on any atom is 0.0897 e. The van der Waals surface area contributed by atoms with E-state index in [4.69, 9.17) is 4.74 Å². The number of ether oxygens (including phenoxy) is 1. The molecule has 0 saturated heterocycles. The summed E-state index contributed by atoms with van der Waals surface area (Å²) in [6, 6.07) is 4.08. The topological polar surface area (TPSA) is 41.5 Å². The van der Waals surface area contributed by atoms with Crippen molar-refractivity contribution in [2.45, 2.75) is 51.7 Å². The minimum absolute atomic E-state index is 0.406. The highest BCUT2D eigenvalue weighted by molar-refractivity contribution is 7.09. The van der Waals surface area contributed by atoms with Crippen LogP contribution in [0.15, 0.2) is 17.5 Å². The fourth-order valence-corrected chi connectivity index (χ4v) is 3.58. The van der Waals surface area contributed by atoms with Crippen LogP contribution in [0.2, 0.25) is 0 Å². The van der Waals surface area contributed by atoms with Crippen LogP contribution in [-0.2, 0) is 11.3 Å². The van der Waals surface area contributed by atoms with Gasteiger partial charge >= 0.3 is 0 Å². The van der Waals surface area contributed by atoms with E-state index in [1.807, 2.05) is 11.4 Å². The molecule has 2 N–H and O–H groups in total. The summed E-state index contributed by atoms with van der Waals surface area (Å²) in [7, 11) is 0. The van der Waals surface area contributed by atoms with E-state index in [0.717, 1.165) is 18.4 Å². The van der Waals surface area contributed by atoms with Crippen molar-refractivity contribution in [3.8, 4) is 0 Å². The van der Waals surface area contributed by atoms with Gasteiger partial charge in [0.2, 0.25) is 0 Å². The molecular formula is C17H29NO2S. The number of aliphatic hydroxyl groups excluding tert-OH is 1. The van der Waals surface area contributed by atoms with E-state index in [2.05, 4.69) is 18.3 Å². The zero-order valence-corrected chi connectivity index (χ0v) is 13.9. The molecule has 1 aliphatic carbocycles. The third-order valence-electron chi connectivity index (χ3n) is 4.38. The monoisotopic (exact) mass is 311 g/mol. The molecule has 0 aliphatic heterocycles. The van der Waals surface area contributed by atoms with E-state index in [1.54, 1.807) is 11.3 Å². The van der Waals surface area contributed by atoms with E-state index >= 15 is 0 Å². The minimum Gasteiger partial charge on any atom is -0.389 e. The quantitative estimate of drug-likeness (QED) is 0.687. The van der Waals surface area contributed by atoms with Gasteiger partial charge in [0.1, 0.15) is 0 Å². The Labute approximate surface area is 132 Å². The summed E-state index contributed by atoms with van der Waals surface area (Å²) in [4.78, 5) is 1.21. The first-order valence-corrected chi connectivity index (χ1v) is 9.11. The lowest BCUT2D eigenvalue weighted by atomic mass is 9.81. The molecule has 0 amide bonds. The smallest absolute Gasteiger partial charge is 0.0897 e. The lowest BCUT2D eigenvalue weighted by molar-refractivity contribution is 0.0297.